The van der Waals surface area contributed by atoms with E-state index in [1.54, 1.807) is 0 Å². The number of nitrogens with zero attached hydrogens (tertiary/aromatic N) is 2. The van der Waals surface area contributed by atoms with Crippen molar-refractivity contribution in [2.75, 3.05) is 31.6 Å². The number of halogens is 1. The van der Waals surface area contributed by atoms with Gasteiger partial charge in [-0.15, -0.1) is 0 Å². The molecule has 1 aliphatic rings. The molecule has 2 N–H and O–H groups in total. The van der Waals surface area contributed by atoms with Gasteiger partial charge in [0, 0.05) is 29.3 Å². The number of carbonyl (C=O) groups excluding carboxylic acids is 1. The van der Waals surface area contributed by atoms with E-state index in [0.29, 0.717) is 19.6 Å². The lowest BCUT2D eigenvalue weighted by atomic mass is 10.1. The van der Waals surface area contributed by atoms with Crippen LogP contribution in [0.25, 0.3) is 0 Å². The van der Waals surface area contributed by atoms with Crippen LogP contribution in [-0.4, -0.2) is 43.5 Å². The monoisotopic (exact) mass is 297 g/mol. The first kappa shape index (κ1) is 12.5. The molecule has 1 unspecified atom stereocenters. The summed E-state index contributed by atoms with van der Waals surface area (Å²) >= 11 is 3.42. The van der Waals surface area contributed by atoms with Crippen molar-refractivity contribution in [2.24, 2.45) is 5.73 Å². The summed E-state index contributed by atoms with van der Waals surface area (Å²) in [6, 6.07) is 8.01. The molecule has 1 saturated heterocycles. The Bertz CT molecular complexity index is 424. The molecule has 1 aliphatic heterocycles. The van der Waals surface area contributed by atoms with E-state index in [9.17, 15) is 4.79 Å². The number of nitrogens with two attached hydrogens (primary N) is 1. The fourth-order valence-electron chi connectivity index (χ4n) is 2.03. The Kier molecular flexibility index (Phi) is 3.81. The van der Waals surface area contributed by atoms with Gasteiger partial charge in [0.25, 0.3) is 0 Å². The Labute approximate surface area is 110 Å². The van der Waals surface area contributed by atoms with Gasteiger partial charge in [0.15, 0.2) is 0 Å². The highest BCUT2D eigenvalue weighted by atomic mass is 79.9. The molecule has 0 saturated carbocycles. The summed E-state index contributed by atoms with van der Waals surface area (Å²) in [5.41, 5.74) is 6.65. The SMILES string of the molecule is CN1CC(=O)N(c2cccc(Br)c2)CC1CN. The lowest BCUT2D eigenvalue weighted by Crippen LogP contribution is -2.57. The maximum atomic E-state index is 12.0. The highest BCUT2D eigenvalue weighted by Crippen LogP contribution is 2.22. The van der Waals surface area contributed by atoms with E-state index in [0.717, 1.165) is 10.2 Å². The zero-order chi connectivity index (χ0) is 12.4. The van der Waals surface area contributed by atoms with Crippen molar-refractivity contribution in [3.8, 4) is 0 Å². The summed E-state index contributed by atoms with van der Waals surface area (Å²) in [5, 5.41) is 0. The smallest absolute Gasteiger partial charge is 0.241 e. The first-order chi connectivity index (χ1) is 8.11. The molecule has 1 aromatic carbocycles. The minimum absolute atomic E-state index is 0.121. The Morgan fingerprint density at radius 1 is 1.53 bits per heavy atom. The summed E-state index contributed by atoms with van der Waals surface area (Å²) < 4.78 is 0.978. The molecule has 0 aromatic heterocycles. The molecular weight excluding hydrogens is 282 g/mol. The lowest BCUT2D eigenvalue weighted by Gasteiger charge is -2.38. The second-order valence-electron chi connectivity index (χ2n) is 4.29. The van der Waals surface area contributed by atoms with Crippen LogP contribution in [-0.2, 0) is 4.79 Å². The molecule has 0 bridgehead atoms. The minimum atomic E-state index is 0.121. The lowest BCUT2D eigenvalue weighted by molar-refractivity contribution is -0.121. The van der Waals surface area contributed by atoms with Gasteiger partial charge in [0.1, 0.15) is 0 Å². The zero-order valence-corrected chi connectivity index (χ0v) is 11.4. The van der Waals surface area contributed by atoms with Crippen LogP contribution in [0.1, 0.15) is 0 Å². The number of likely N-dealkylation sites (N-methyl/N-ethyl adjacent to an activating group) is 1. The topological polar surface area (TPSA) is 49.6 Å². The van der Waals surface area contributed by atoms with E-state index < -0.39 is 0 Å². The van der Waals surface area contributed by atoms with Crippen LogP contribution in [0.15, 0.2) is 28.7 Å². The molecule has 2 rings (SSSR count). The Balaban J connectivity index is 2.23. The van der Waals surface area contributed by atoms with E-state index in [2.05, 4.69) is 15.9 Å². The van der Waals surface area contributed by atoms with E-state index >= 15 is 0 Å². The van der Waals surface area contributed by atoms with Gasteiger partial charge in [-0.2, -0.15) is 0 Å². The van der Waals surface area contributed by atoms with Crippen molar-refractivity contribution in [2.45, 2.75) is 6.04 Å². The van der Waals surface area contributed by atoms with Gasteiger partial charge in [-0.1, -0.05) is 22.0 Å². The van der Waals surface area contributed by atoms with Crippen LogP contribution in [0, 0.1) is 0 Å². The third-order valence-electron chi connectivity index (χ3n) is 3.09. The van der Waals surface area contributed by atoms with Crippen LogP contribution < -0.4 is 10.6 Å². The molecule has 0 spiro atoms. The van der Waals surface area contributed by atoms with E-state index in [4.69, 9.17) is 5.73 Å². The molecule has 1 fully saturated rings. The first-order valence-corrected chi connectivity index (χ1v) is 6.37. The Morgan fingerprint density at radius 2 is 2.29 bits per heavy atom. The zero-order valence-electron chi connectivity index (χ0n) is 9.77. The third-order valence-corrected chi connectivity index (χ3v) is 3.59. The molecule has 1 heterocycles. The van der Waals surface area contributed by atoms with Crippen LogP contribution in [0.3, 0.4) is 0 Å². The van der Waals surface area contributed by atoms with Crippen molar-refractivity contribution < 1.29 is 4.79 Å². The summed E-state index contributed by atoms with van der Waals surface area (Å²) in [6.45, 7) is 1.64. The Hall–Kier alpha value is -0.910. The molecule has 1 atom stereocenters. The van der Waals surface area contributed by atoms with Crippen molar-refractivity contribution in [3.63, 3.8) is 0 Å². The van der Waals surface area contributed by atoms with Gasteiger partial charge < -0.3 is 10.6 Å². The fraction of sp³-hybridized carbons (Fsp3) is 0.417. The first-order valence-electron chi connectivity index (χ1n) is 5.58. The second-order valence-corrected chi connectivity index (χ2v) is 5.20. The predicted molar refractivity (Wildman–Crippen MR) is 72.0 cm³/mol. The van der Waals surface area contributed by atoms with Gasteiger partial charge in [-0.3, -0.25) is 9.69 Å². The second kappa shape index (κ2) is 5.16. The van der Waals surface area contributed by atoms with Crippen molar-refractivity contribution in [1.82, 2.24) is 4.90 Å². The van der Waals surface area contributed by atoms with Gasteiger partial charge in [0.2, 0.25) is 5.91 Å². The molecule has 4 nitrogen and oxygen atoms in total. The average Bonchev–Trinajstić information content (AvgIpc) is 2.29. The molecular formula is C12H16BrN3O. The van der Waals surface area contributed by atoms with Crippen molar-refractivity contribution in [3.05, 3.63) is 28.7 Å². The third kappa shape index (κ3) is 2.68. The summed E-state index contributed by atoms with van der Waals surface area (Å²) in [4.78, 5) is 15.8. The summed E-state index contributed by atoms with van der Waals surface area (Å²) in [5.74, 6) is 0.121. The standard InChI is InChI=1S/C12H16BrN3O/c1-15-8-12(17)16(7-11(15)6-14)10-4-2-3-9(13)5-10/h2-5,11H,6-8,14H2,1H3. The van der Waals surface area contributed by atoms with Gasteiger partial charge in [-0.05, 0) is 25.2 Å². The van der Waals surface area contributed by atoms with E-state index in [-0.39, 0.29) is 11.9 Å². The number of carbonyl (C=O) groups is 1. The van der Waals surface area contributed by atoms with Crippen LogP contribution in [0.5, 0.6) is 0 Å². The fourth-order valence-corrected chi connectivity index (χ4v) is 2.41. The van der Waals surface area contributed by atoms with Gasteiger partial charge in [0.05, 0.1) is 6.54 Å². The minimum Gasteiger partial charge on any atom is -0.329 e. The van der Waals surface area contributed by atoms with Gasteiger partial charge >= 0.3 is 0 Å². The number of piperazine rings is 1. The van der Waals surface area contributed by atoms with Crippen molar-refractivity contribution >= 4 is 27.5 Å². The number of hydrogen-bond donors (Lipinski definition) is 1. The van der Waals surface area contributed by atoms with E-state index in [1.807, 2.05) is 41.1 Å². The highest BCUT2D eigenvalue weighted by molar-refractivity contribution is 9.10. The van der Waals surface area contributed by atoms with Gasteiger partial charge in [-0.25, -0.2) is 0 Å². The van der Waals surface area contributed by atoms with E-state index in [1.165, 1.54) is 0 Å². The maximum absolute atomic E-state index is 12.0. The van der Waals surface area contributed by atoms with Crippen molar-refractivity contribution in [1.29, 1.82) is 0 Å². The molecule has 1 amide bonds. The molecule has 0 radical (unpaired) electrons. The number of benzene rings is 1. The number of rotatable bonds is 2. The van der Waals surface area contributed by atoms with Crippen LogP contribution >= 0.6 is 15.9 Å². The predicted octanol–water partition coefficient (Wildman–Crippen LogP) is 1.05. The molecule has 92 valence electrons. The molecule has 1 aromatic rings. The maximum Gasteiger partial charge on any atom is 0.241 e. The number of anilines is 1. The number of hydrogen-bond acceptors (Lipinski definition) is 3. The average molecular weight is 298 g/mol. The highest BCUT2D eigenvalue weighted by Gasteiger charge is 2.29. The largest absolute Gasteiger partial charge is 0.329 e. The molecule has 0 aliphatic carbocycles. The normalized spacial score (nSPS) is 21.9. The molecule has 5 heteroatoms. The van der Waals surface area contributed by atoms with Crippen LogP contribution in [0.2, 0.25) is 0 Å². The summed E-state index contributed by atoms with van der Waals surface area (Å²) in [7, 11) is 1.94. The number of amides is 1. The van der Waals surface area contributed by atoms with Crippen LogP contribution in [0.4, 0.5) is 5.69 Å². The Morgan fingerprint density at radius 3 is 2.94 bits per heavy atom. The quantitative estimate of drug-likeness (QED) is 0.888. The summed E-state index contributed by atoms with van der Waals surface area (Å²) in [6.07, 6.45) is 0. The molecule has 17 heavy (non-hydrogen) atoms.